The summed E-state index contributed by atoms with van der Waals surface area (Å²) < 4.78 is 2.47. The number of H-pyrrole nitrogens is 1. The number of pyridine rings is 2. The van der Waals surface area contributed by atoms with Crippen LogP contribution in [-0.2, 0) is 0 Å². The molecule has 106 valence electrons. The summed E-state index contributed by atoms with van der Waals surface area (Å²) in [6.45, 7) is 0. The summed E-state index contributed by atoms with van der Waals surface area (Å²) in [4.78, 5) is 8.44. The normalized spacial score (nSPS) is 10.9. The summed E-state index contributed by atoms with van der Waals surface area (Å²) in [6, 6.07) is 13.7. The zero-order chi connectivity index (χ0) is 14.9. The molecule has 0 amide bonds. The molecule has 0 saturated carbocycles. The molecule has 3 aromatic heterocycles. The van der Waals surface area contributed by atoms with Crippen LogP contribution in [0.5, 0.6) is 0 Å². The minimum Gasteiger partial charge on any atom is -0.267 e. The predicted octanol–water partition coefficient (Wildman–Crippen LogP) is 3.54. The number of hydrogen-bond donors (Lipinski definition) is 1. The fourth-order valence-corrected chi connectivity index (χ4v) is 2.73. The highest BCUT2D eigenvalue weighted by Gasteiger charge is 2.12. The highest BCUT2D eigenvalue weighted by atomic mass is 32.1. The molecule has 22 heavy (non-hydrogen) atoms. The van der Waals surface area contributed by atoms with Gasteiger partial charge in [-0.2, -0.15) is 5.10 Å². The molecule has 0 fully saturated rings. The summed E-state index contributed by atoms with van der Waals surface area (Å²) >= 11 is 5.43. The van der Waals surface area contributed by atoms with Gasteiger partial charge in [0.15, 0.2) is 10.6 Å². The van der Waals surface area contributed by atoms with Crippen molar-refractivity contribution in [3.8, 4) is 17.1 Å². The van der Waals surface area contributed by atoms with E-state index in [-0.39, 0.29) is 0 Å². The van der Waals surface area contributed by atoms with E-state index in [1.54, 1.807) is 18.6 Å². The van der Waals surface area contributed by atoms with E-state index in [1.165, 1.54) is 0 Å². The van der Waals surface area contributed by atoms with Crippen LogP contribution in [-0.4, -0.2) is 24.7 Å². The largest absolute Gasteiger partial charge is 0.267 e. The summed E-state index contributed by atoms with van der Waals surface area (Å²) in [5.74, 6) is 0.753. The summed E-state index contributed by atoms with van der Waals surface area (Å²) in [6.07, 6.45) is 5.26. The third-order valence-electron chi connectivity index (χ3n) is 3.47. The van der Waals surface area contributed by atoms with Crippen molar-refractivity contribution in [2.24, 2.45) is 0 Å². The Bertz CT molecular complexity index is 998. The van der Waals surface area contributed by atoms with E-state index in [0.717, 1.165) is 28.0 Å². The van der Waals surface area contributed by atoms with Crippen LogP contribution in [0.1, 0.15) is 0 Å². The van der Waals surface area contributed by atoms with Crippen LogP contribution in [0.3, 0.4) is 0 Å². The lowest BCUT2D eigenvalue weighted by molar-refractivity contribution is 1.04. The van der Waals surface area contributed by atoms with Gasteiger partial charge in [0.25, 0.3) is 0 Å². The van der Waals surface area contributed by atoms with Crippen molar-refractivity contribution >= 4 is 23.1 Å². The molecule has 0 aliphatic rings. The molecule has 0 radical (unpaired) electrons. The Kier molecular flexibility index (Phi) is 3.01. The first kappa shape index (κ1) is 12.8. The Balaban J connectivity index is 2.04. The van der Waals surface area contributed by atoms with Gasteiger partial charge in [-0.05, 0) is 48.6 Å². The first-order valence-corrected chi connectivity index (χ1v) is 7.17. The second kappa shape index (κ2) is 5.16. The number of fused-ring (bicyclic) bond motifs is 1. The fraction of sp³-hybridized carbons (Fsp3) is 0. The lowest BCUT2D eigenvalue weighted by Crippen LogP contribution is -1.99. The lowest BCUT2D eigenvalue weighted by atomic mass is 10.1. The highest BCUT2D eigenvalue weighted by molar-refractivity contribution is 7.71. The Morgan fingerprint density at radius 3 is 2.68 bits per heavy atom. The monoisotopic (exact) mass is 305 g/mol. The van der Waals surface area contributed by atoms with E-state index in [9.17, 15) is 0 Å². The van der Waals surface area contributed by atoms with Crippen molar-refractivity contribution in [3.05, 3.63) is 65.8 Å². The number of nitrogens with zero attached hydrogens (tertiary/aromatic N) is 4. The molecule has 0 aliphatic heterocycles. The first-order valence-electron chi connectivity index (χ1n) is 6.76. The number of aromatic nitrogens is 5. The van der Waals surface area contributed by atoms with Gasteiger partial charge in [-0.1, -0.05) is 6.07 Å². The molecule has 0 spiro atoms. The average molecular weight is 305 g/mol. The summed E-state index contributed by atoms with van der Waals surface area (Å²) in [5, 5.41) is 8.27. The maximum absolute atomic E-state index is 5.43. The van der Waals surface area contributed by atoms with Crippen LogP contribution in [0.2, 0.25) is 0 Å². The zero-order valence-electron chi connectivity index (χ0n) is 11.5. The second-order valence-corrected chi connectivity index (χ2v) is 5.16. The third kappa shape index (κ3) is 2.01. The quantitative estimate of drug-likeness (QED) is 0.575. The molecule has 4 aromatic rings. The number of nitrogens with one attached hydrogen (secondary N) is 1. The van der Waals surface area contributed by atoms with Gasteiger partial charge < -0.3 is 0 Å². The first-order chi connectivity index (χ1) is 10.8. The van der Waals surface area contributed by atoms with Crippen LogP contribution in [0.25, 0.3) is 28.0 Å². The number of rotatable bonds is 2. The fourth-order valence-electron chi connectivity index (χ4n) is 2.50. The Hall–Kier alpha value is -2.86. The van der Waals surface area contributed by atoms with Gasteiger partial charge in [0.2, 0.25) is 0 Å². The van der Waals surface area contributed by atoms with E-state index in [2.05, 4.69) is 20.2 Å². The molecule has 0 bridgehead atoms. The SMILES string of the molecule is S=c1[nH]nc(-c2ccncc2)n1-c1cccc2ncccc12. The van der Waals surface area contributed by atoms with E-state index in [4.69, 9.17) is 12.2 Å². The zero-order valence-corrected chi connectivity index (χ0v) is 12.3. The molecule has 4 rings (SSSR count). The molecule has 0 aliphatic carbocycles. The number of aromatic amines is 1. The number of benzene rings is 1. The maximum atomic E-state index is 5.43. The van der Waals surface area contributed by atoms with Gasteiger partial charge in [-0.15, -0.1) is 0 Å². The molecule has 6 heteroatoms. The second-order valence-electron chi connectivity index (χ2n) is 4.77. The summed E-state index contributed by atoms with van der Waals surface area (Å²) in [7, 11) is 0. The van der Waals surface area contributed by atoms with Crippen molar-refractivity contribution < 1.29 is 0 Å². The van der Waals surface area contributed by atoms with Gasteiger partial charge in [0, 0.05) is 29.5 Å². The van der Waals surface area contributed by atoms with Crippen molar-refractivity contribution in [1.82, 2.24) is 24.7 Å². The number of hydrogen-bond acceptors (Lipinski definition) is 4. The van der Waals surface area contributed by atoms with Crippen LogP contribution in [0, 0.1) is 4.77 Å². The van der Waals surface area contributed by atoms with Gasteiger partial charge in [-0.25, -0.2) is 0 Å². The lowest BCUT2D eigenvalue weighted by Gasteiger charge is -2.09. The van der Waals surface area contributed by atoms with Gasteiger partial charge in [0.05, 0.1) is 11.2 Å². The molecular weight excluding hydrogens is 294 g/mol. The van der Waals surface area contributed by atoms with Crippen molar-refractivity contribution in [2.75, 3.05) is 0 Å². The topological polar surface area (TPSA) is 59.4 Å². The van der Waals surface area contributed by atoms with E-state index >= 15 is 0 Å². The van der Waals surface area contributed by atoms with Crippen LogP contribution in [0.4, 0.5) is 0 Å². The molecule has 1 aromatic carbocycles. The Labute approximate surface area is 131 Å². The van der Waals surface area contributed by atoms with Gasteiger partial charge in [0.1, 0.15) is 0 Å². The molecule has 0 saturated heterocycles. The molecule has 1 N–H and O–H groups in total. The van der Waals surface area contributed by atoms with E-state index in [1.807, 2.05) is 47.0 Å². The average Bonchev–Trinajstić information content (AvgIpc) is 2.96. The molecule has 3 heterocycles. The van der Waals surface area contributed by atoms with Crippen molar-refractivity contribution in [3.63, 3.8) is 0 Å². The van der Waals surface area contributed by atoms with Crippen molar-refractivity contribution in [1.29, 1.82) is 0 Å². The maximum Gasteiger partial charge on any atom is 0.200 e. The predicted molar refractivity (Wildman–Crippen MR) is 87.3 cm³/mol. The van der Waals surface area contributed by atoms with Crippen LogP contribution < -0.4 is 0 Å². The van der Waals surface area contributed by atoms with E-state index < -0.39 is 0 Å². The van der Waals surface area contributed by atoms with E-state index in [0.29, 0.717) is 4.77 Å². The van der Waals surface area contributed by atoms with Gasteiger partial charge in [-0.3, -0.25) is 19.6 Å². The minimum absolute atomic E-state index is 0.545. The van der Waals surface area contributed by atoms with Gasteiger partial charge >= 0.3 is 0 Å². The smallest absolute Gasteiger partial charge is 0.200 e. The molecule has 0 atom stereocenters. The van der Waals surface area contributed by atoms with Crippen LogP contribution >= 0.6 is 12.2 Å². The Morgan fingerprint density at radius 1 is 0.955 bits per heavy atom. The summed E-state index contributed by atoms with van der Waals surface area (Å²) in [5.41, 5.74) is 2.82. The third-order valence-corrected chi connectivity index (χ3v) is 3.75. The Morgan fingerprint density at radius 2 is 1.82 bits per heavy atom. The molecule has 5 nitrogen and oxygen atoms in total. The standard InChI is InChI=1S/C16H11N5S/c22-16-20-19-15(11-6-9-17-10-7-11)21(16)14-5-1-4-13-12(14)3-2-8-18-13/h1-10H,(H,20,22). The highest BCUT2D eigenvalue weighted by Crippen LogP contribution is 2.26. The molecular formula is C16H11N5S. The van der Waals surface area contributed by atoms with Crippen molar-refractivity contribution in [2.45, 2.75) is 0 Å². The van der Waals surface area contributed by atoms with Crippen LogP contribution in [0.15, 0.2) is 61.1 Å². The molecule has 0 unspecified atom stereocenters. The minimum atomic E-state index is 0.545.